The van der Waals surface area contributed by atoms with Crippen LogP contribution in [0.25, 0.3) is 0 Å². The van der Waals surface area contributed by atoms with Gasteiger partial charge in [0.2, 0.25) is 5.91 Å². The molecule has 0 saturated heterocycles. The monoisotopic (exact) mass is 292 g/mol. The molecule has 0 unspecified atom stereocenters. The summed E-state index contributed by atoms with van der Waals surface area (Å²) < 4.78 is 0. The van der Waals surface area contributed by atoms with Gasteiger partial charge in [0.1, 0.15) is 12.4 Å². The number of nitrogens with zero attached hydrogens (tertiary/aromatic N) is 3. The van der Waals surface area contributed by atoms with E-state index in [1.165, 1.54) is 4.90 Å². The van der Waals surface area contributed by atoms with Crippen LogP contribution in [0.1, 0.15) is 26.3 Å². The fourth-order valence-electron chi connectivity index (χ4n) is 1.95. The van der Waals surface area contributed by atoms with E-state index in [1.54, 1.807) is 24.2 Å². The fourth-order valence-corrected chi connectivity index (χ4v) is 1.95. The Morgan fingerprint density at radius 2 is 2.00 bits per heavy atom. The first-order valence-electron chi connectivity index (χ1n) is 7.09. The summed E-state index contributed by atoms with van der Waals surface area (Å²) in [5.74, 6) is 0.227. The second-order valence-corrected chi connectivity index (χ2v) is 5.29. The Kier molecular flexibility index (Phi) is 6.14. The number of urea groups is 1. The molecule has 0 saturated carbocycles. The lowest BCUT2D eigenvalue weighted by atomic mass is 10.3. The van der Waals surface area contributed by atoms with E-state index >= 15 is 0 Å². The average Bonchev–Trinajstić information content (AvgIpc) is 2.41. The SMILES string of the molecule is CCN(C(=O)N(C)CC(=O)Nc1ccc(C)cn1)C(C)C. The van der Waals surface area contributed by atoms with Crippen molar-refractivity contribution in [1.82, 2.24) is 14.8 Å². The highest BCUT2D eigenvalue weighted by Crippen LogP contribution is 2.05. The van der Waals surface area contributed by atoms with E-state index in [1.807, 2.05) is 33.8 Å². The van der Waals surface area contributed by atoms with Crippen LogP contribution in [-0.4, -0.2) is 52.9 Å². The molecule has 1 heterocycles. The number of carbonyl (C=O) groups excluding carboxylic acids is 2. The summed E-state index contributed by atoms with van der Waals surface area (Å²) in [4.78, 5) is 31.4. The average molecular weight is 292 g/mol. The molecule has 21 heavy (non-hydrogen) atoms. The Morgan fingerprint density at radius 3 is 2.48 bits per heavy atom. The third-order valence-corrected chi connectivity index (χ3v) is 3.10. The van der Waals surface area contributed by atoms with Crippen LogP contribution >= 0.6 is 0 Å². The Morgan fingerprint density at radius 1 is 1.33 bits per heavy atom. The van der Waals surface area contributed by atoms with Crippen molar-refractivity contribution in [3.05, 3.63) is 23.9 Å². The molecule has 1 rings (SSSR count). The number of pyridine rings is 1. The van der Waals surface area contributed by atoms with Crippen LogP contribution in [0.5, 0.6) is 0 Å². The molecule has 0 aliphatic heterocycles. The third-order valence-electron chi connectivity index (χ3n) is 3.10. The van der Waals surface area contributed by atoms with Crippen molar-refractivity contribution in [2.75, 3.05) is 25.5 Å². The van der Waals surface area contributed by atoms with Gasteiger partial charge in [0.25, 0.3) is 0 Å². The Bertz CT molecular complexity index is 485. The molecule has 6 nitrogen and oxygen atoms in total. The number of hydrogen-bond acceptors (Lipinski definition) is 3. The van der Waals surface area contributed by atoms with Crippen LogP contribution in [0.4, 0.5) is 10.6 Å². The minimum atomic E-state index is -0.262. The number of anilines is 1. The normalized spacial score (nSPS) is 10.4. The van der Waals surface area contributed by atoms with Crippen molar-refractivity contribution >= 4 is 17.8 Å². The second kappa shape index (κ2) is 7.61. The second-order valence-electron chi connectivity index (χ2n) is 5.29. The molecule has 3 amide bonds. The molecule has 0 bridgehead atoms. The summed E-state index contributed by atoms with van der Waals surface area (Å²) in [6.07, 6.45) is 1.68. The van der Waals surface area contributed by atoms with E-state index in [0.29, 0.717) is 12.4 Å². The molecule has 0 radical (unpaired) electrons. The van der Waals surface area contributed by atoms with Crippen LogP contribution < -0.4 is 5.32 Å². The van der Waals surface area contributed by atoms with Gasteiger partial charge in [0, 0.05) is 25.8 Å². The van der Waals surface area contributed by atoms with Crippen molar-refractivity contribution in [3.63, 3.8) is 0 Å². The highest BCUT2D eigenvalue weighted by atomic mass is 16.2. The van der Waals surface area contributed by atoms with E-state index in [-0.39, 0.29) is 24.5 Å². The first kappa shape index (κ1) is 16.9. The zero-order chi connectivity index (χ0) is 16.0. The largest absolute Gasteiger partial charge is 0.323 e. The zero-order valence-electron chi connectivity index (χ0n) is 13.4. The van der Waals surface area contributed by atoms with Crippen LogP contribution in [0.15, 0.2) is 18.3 Å². The maximum Gasteiger partial charge on any atom is 0.320 e. The maximum absolute atomic E-state index is 12.2. The molecular formula is C15H24N4O2. The standard InChI is InChI=1S/C15H24N4O2/c1-6-19(11(2)3)15(21)18(5)10-14(20)17-13-8-7-12(4)9-16-13/h7-9,11H,6,10H2,1-5H3,(H,16,17,20). The zero-order valence-corrected chi connectivity index (χ0v) is 13.4. The minimum absolute atomic E-state index is 0.00237. The van der Waals surface area contributed by atoms with E-state index in [9.17, 15) is 9.59 Å². The van der Waals surface area contributed by atoms with Crippen LogP contribution in [0.3, 0.4) is 0 Å². The van der Waals surface area contributed by atoms with Gasteiger partial charge in [-0.3, -0.25) is 4.79 Å². The molecule has 0 fully saturated rings. The lowest BCUT2D eigenvalue weighted by Gasteiger charge is -2.29. The van der Waals surface area contributed by atoms with Gasteiger partial charge in [-0.2, -0.15) is 0 Å². The van der Waals surface area contributed by atoms with E-state index < -0.39 is 0 Å². The van der Waals surface area contributed by atoms with Gasteiger partial charge in [0.15, 0.2) is 0 Å². The Balaban J connectivity index is 2.57. The number of aryl methyl sites for hydroxylation is 1. The molecule has 0 aromatic carbocycles. The summed E-state index contributed by atoms with van der Waals surface area (Å²) >= 11 is 0. The van der Waals surface area contributed by atoms with Gasteiger partial charge >= 0.3 is 6.03 Å². The van der Waals surface area contributed by atoms with Crippen molar-refractivity contribution in [2.45, 2.75) is 33.7 Å². The maximum atomic E-state index is 12.2. The van der Waals surface area contributed by atoms with E-state index in [0.717, 1.165) is 5.56 Å². The fraction of sp³-hybridized carbons (Fsp3) is 0.533. The van der Waals surface area contributed by atoms with Gasteiger partial charge in [-0.05, 0) is 39.3 Å². The molecule has 1 aromatic rings. The number of hydrogen-bond donors (Lipinski definition) is 1. The number of amides is 3. The highest BCUT2D eigenvalue weighted by molar-refractivity contribution is 5.93. The summed E-state index contributed by atoms with van der Waals surface area (Å²) in [5.41, 5.74) is 1.02. The first-order valence-corrected chi connectivity index (χ1v) is 7.09. The minimum Gasteiger partial charge on any atom is -0.323 e. The van der Waals surface area contributed by atoms with Gasteiger partial charge in [0.05, 0.1) is 0 Å². The molecule has 0 aliphatic rings. The summed E-state index contributed by atoms with van der Waals surface area (Å²) in [6, 6.07) is 3.56. The quantitative estimate of drug-likeness (QED) is 0.904. The van der Waals surface area contributed by atoms with E-state index in [2.05, 4.69) is 10.3 Å². The highest BCUT2D eigenvalue weighted by Gasteiger charge is 2.20. The predicted octanol–water partition coefficient (Wildman–Crippen LogP) is 2.11. The Hall–Kier alpha value is -2.11. The number of rotatable bonds is 5. The van der Waals surface area contributed by atoms with Crippen molar-refractivity contribution in [1.29, 1.82) is 0 Å². The molecule has 0 spiro atoms. The van der Waals surface area contributed by atoms with Gasteiger partial charge in [-0.25, -0.2) is 9.78 Å². The number of aromatic nitrogens is 1. The van der Waals surface area contributed by atoms with E-state index in [4.69, 9.17) is 0 Å². The Labute approximate surface area is 126 Å². The van der Waals surface area contributed by atoms with Crippen molar-refractivity contribution in [3.8, 4) is 0 Å². The van der Waals surface area contributed by atoms with Gasteiger partial charge < -0.3 is 15.1 Å². The molecule has 0 atom stereocenters. The molecular weight excluding hydrogens is 268 g/mol. The first-order chi connectivity index (χ1) is 9.85. The third kappa shape index (κ3) is 5.06. The molecule has 0 aliphatic carbocycles. The number of carbonyl (C=O) groups is 2. The van der Waals surface area contributed by atoms with Crippen LogP contribution in [0, 0.1) is 6.92 Å². The predicted molar refractivity (Wildman–Crippen MR) is 83.1 cm³/mol. The lowest BCUT2D eigenvalue weighted by Crippen LogP contribution is -2.47. The molecule has 1 aromatic heterocycles. The summed E-state index contributed by atoms with van der Waals surface area (Å²) in [5, 5.41) is 2.68. The van der Waals surface area contributed by atoms with Gasteiger partial charge in [-0.15, -0.1) is 0 Å². The van der Waals surface area contributed by atoms with Crippen molar-refractivity contribution < 1.29 is 9.59 Å². The van der Waals surface area contributed by atoms with Gasteiger partial charge in [-0.1, -0.05) is 6.07 Å². The topological polar surface area (TPSA) is 65.5 Å². The molecule has 1 N–H and O–H groups in total. The summed E-state index contributed by atoms with van der Waals surface area (Å²) in [6.45, 7) is 8.36. The van der Waals surface area contributed by atoms with Crippen LogP contribution in [0.2, 0.25) is 0 Å². The molecule has 116 valence electrons. The smallest absolute Gasteiger partial charge is 0.320 e. The number of nitrogens with one attached hydrogen (secondary N) is 1. The summed E-state index contributed by atoms with van der Waals surface area (Å²) in [7, 11) is 1.62. The van der Waals surface area contributed by atoms with Crippen LogP contribution in [-0.2, 0) is 4.79 Å². The van der Waals surface area contributed by atoms with Crippen molar-refractivity contribution in [2.24, 2.45) is 0 Å². The number of likely N-dealkylation sites (N-methyl/N-ethyl adjacent to an activating group) is 1. The molecule has 6 heteroatoms. The lowest BCUT2D eigenvalue weighted by molar-refractivity contribution is -0.116.